The Kier molecular flexibility index (Phi) is 3.74. The summed E-state index contributed by atoms with van der Waals surface area (Å²) in [6.45, 7) is 0.337. The van der Waals surface area contributed by atoms with Crippen LogP contribution in [-0.4, -0.2) is 18.4 Å². The molecule has 5 heteroatoms. The first-order chi connectivity index (χ1) is 8.69. The van der Waals surface area contributed by atoms with E-state index in [0.29, 0.717) is 19.4 Å². The van der Waals surface area contributed by atoms with E-state index in [1.165, 1.54) is 6.08 Å². The molecule has 0 fully saturated rings. The fourth-order valence-corrected chi connectivity index (χ4v) is 1.82. The molecule has 0 saturated heterocycles. The van der Waals surface area contributed by atoms with Crippen LogP contribution in [0.2, 0.25) is 0 Å². The third-order valence-electron chi connectivity index (χ3n) is 2.67. The van der Waals surface area contributed by atoms with E-state index in [0.717, 1.165) is 16.9 Å². The molecule has 2 amide bonds. The lowest BCUT2D eigenvalue weighted by atomic mass is 10.0. The van der Waals surface area contributed by atoms with Gasteiger partial charge in [0.1, 0.15) is 0 Å². The maximum absolute atomic E-state index is 11.5. The molecule has 94 valence electrons. The number of carbonyl (C=O) groups excluding carboxylic acids is 2. The number of anilines is 2. The number of nitrogens with one attached hydrogen (secondary N) is 2. The molecule has 1 aromatic carbocycles. The van der Waals surface area contributed by atoms with Crippen LogP contribution in [0.25, 0.3) is 0 Å². The van der Waals surface area contributed by atoms with Gasteiger partial charge in [0.25, 0.3) is 0 Å². The topological polar surface area (TPSA) is 84.2 Å². The zero-order chi connectivity index (χ0) is 13.0. The Morgan fingerprint density at radius 2 is 2.28 bits per heavy atom. The second-order valence-electron chi connectivity index (χ2n) is 4.05. The van der Waals surface area contributed by atoms with Crippen LogP contribution in [0, 0.1) is 0 Å². The highest BCUT2D eigenvalue weighted by Gasteiger charge is 2.14. The van der Waals surface area contributed by atoms with Crippen molar-refractivity contribution in [2.24, 2.45) is 5.73 Å². The second-order valence-corrected chi connectivity index (χ2v) is 4.05. The van der Waals surface area contributed by atoms with E-state index in [-0.39, 0.29) is 11.8 Å². The lowest BCUT2D eigenvalue weighted by molar-refractivity contribution is -0.116. The van der Waals surface area contributed by atoms with Gasteiger partial charge in [0.15, 0.2) is 0 Å². The normalized spacial score (nSPS) is 14.2. The lowest BCUT2D eigenvalue weighted by Crippen LogP contribution is -2.19. The Bertz CT molecular complexity index is 509. The van der Waals surface area contributed by atoms with Crippen LogP contribution in [0.15, 0.2) is 30.4 Å². The minimum Gasteiger partial charge on any atom is -0.327 e. The van der Waals surface area contributed by atoms with Gasteiger partial charge in [-0.15, -0.1) is 0 Å². The van der Waals surface area contributed by atoms with Gasteiger partial charge >= 0.3 is 0 Å². The number of nitrogens with two attached hydrogens (primary N) is 1. The van der Waals surface area contributed by atoms with Gasteiger partial charge in [-0.3, -0.25) is 9.59 Å². The van der Waals surface area contributed by atoms with Gasteiger partial charge in [-0.2, -0.15) is 0 Å². The molecular weight excluding hydrogens is 230 g/mol. The Hall–Kier alpha value is -2.14. The molecule has 0 bridgehead atoms. The standard InChI is InChI=1S/C13H15N3O2/c14-7-1-2-12(17)15-10-4-5-11-9(8-10)3-6-13(18)16-11/h1-2,4-5,8H,3,6-7,14H2,(H,15,17)(H,16,18)/b2-1+. The van der Waals surface area contributed by atoms with Crippen LogP contribution in [-0.2, 0) is 16.0 Å². The van der Waals surface area contributed by atoms with Crippen molar-refractivity contribution in [3.63, 3.8) is 0 Å². The summed E-state index contributed by atoms with van der Waals surface area (Å²) in [5.74, 6) is -0.176. The van der Waals surface area contributed by atoms with Crippen molar-refractivity contribution in [3.05, 3.63) is 35.9 Å². The number of amides is 2. The number of fused-ring (bicyclic) bond motifs is 1. The van der Waals surface area contributed by atoms with Crippen molar-refractivity contribution >= 4 is 23.2 Å². The smallest absolute Gasteiger partial charge is 0.248 e. The monoisotopic (exact) mass is 245 g/mol. The maximum atomic E-state index is 11.5. The lowest BCUT2D eigenvalue weighted by Gasteiger charge is -2.17. The average Bonchev–Trinajstić information content (AvgIpc) is 2.36. The molecule has 0 unspecified atom stereocenters. The summed E-state index contributed by atoms with van der Waals surface area (Å²) in [4.78, 5) is 22.7. The SMILES string of the molecule is NC/C=C/C(=O)Nc1ccc2c(c1)CCC(=O)N2. The molecule has 0 aromatic heterocycles. The second kappa shape index (κ2) is 5.46. The van der Waals surface area contributed by atoms with Crippen molar-refractivity contribution in [1.82, 2.24) is 0 Å². The van der Waals surface area contributed by atoms with Crippen molar-refractivity contribution in [2.75, 3.05) is 17.2 Å². The molecule has 18 heavy (non-hydrogen) atoms. The summed E-state index contributed by atoms with van der Waals surface area (Å²) in [7, 11) is 0. The molecular formula is C13H15N3O2. The molecule has 5 nitrogen and oxygen atoms in total. The van der Waals surface area contributed by atoms with E-state index < -0.39 is 0 Å². The molecule has 0 saturated carbocycles. The number of hydrogen-bond acceptors (Lipinski definition) is 3. The molecule has 2 rings (SSSR count). The average molecular weight is 245 g/mol. The highest BCUT2D eigenvalue weighted by Crippen LogP contribution is 2.25. The van der Waals surface area contributed by atoms with Crippen molar-refractivity contribution in [3.8, 4) is 0 Å². The largest absolute Gasteiger partial charge is 0.327 e. The molecule has 1 aromatic rings. The maximum Gasteiger partial charge on any atom is 0.248 e. The van der Waals surface area contributed by atoms with Crippen LogP contribution in [0.5, 0.6) is 0 Å². The van der Waals surface area contributed by atoms with Crippen LogP contribution in [0.1, 0.15) is 12.0 Å². The third kappa shape index (κ3) is 2.95. The Morgan fingerprint density at radius 3 is 3.06 bits per heavy atom. The van der Waals surface area contributed by atoms with E-state index >= 15 is 0 Å². The molecule has 0 radical (unpaired) electrons. The highest BCUT2D eigenvalue weighted by atomic mass is 16.2. The third-order valence-corrected chi connectivity index (χ3v) is 2.67. The minimum atomic E-state index is -0.208. The van der Waals surface area contributed by atoms with E-state index in [1.807, 2.05) is 6.07 Å². The Balaban J connectivity index is 2.09. The number of aryl methyl sites for hydroxylation is 1. The molecule has 0 atom stereocenters. The fraction of sp³-hybridized carbons (Fsp3) is 0.231. The quantitative estimate of drug-likeness (QED) is 0.695. The summed E-state index contributed by atoms with van der Waals surface area (Å²) >= 11 is 0. The summed E-state index contributed by atoms with van der Waals surface area (Å²) in [6.07, 6.45) is 4.18. The predicted molar refractivity (Wildman–Crippen MR) is 70.2 cm³/mol. The van der Waals surface area contributed by atoms with Crippen LogP contribution >= 0.6 is 0 Å². The van der Waals surface area contributed by atoms with Gasteiger partial charge in [0.05, 0.1) is 0 Å². The van der Waals surface area contributed by atoms with E-state index in [4.69, 9.17) is 5.73 Å². The molecule has 4 N–H and O–H groups in total. The molecule has 1 aliphatic heterocycles. The predicted octanol–water partition coefficient (Wildman–Crippen LogP) is 1.02. The summed E-state index contributed by atoms with van der Waals surface area (Å²) in [5.41, 5.74) is 7.84. The Labute approximate surface area is 105 Å². The summed E-state index contributed by atoms with van der Waals surface area (Å²) < 4.78 is 0. The van der Waals surface area contributed by atoms with Crippen LogP contribution in [0.4, 0.5) is 11.4 Å². The van der Waals surface area contributed by atoms with Crippen molar-refractivity contribution < 1.29 is 9.59 Å². The summed E-state index contributed by atoms with van der Waals surface area (Å²) in [5, 5.41) is 5.54. The molecule has 1 heterocycles. The highest BCUT2D eigenvalue weighted by molar-refractivity contribution is 6.00. The van der Waals surface area contributed by atoms with Crippen LogP contribution in [0.3, 0.4) is 0 Å². The number of benzene rings is 1. The van der Waals surface area contributed by atoms with E-state index in [9.17, 15) is 9.59 Å². The van der Waals surface area contributed by atoms with Crippen LogP contribution < -0.4 is 16.4 Å². The van der Waals surface area contributed by atoms with Crippen molar-refractivity contribution in [1.29, 1.82) is 0 Å². The first-order valence-corrected chi connectivity index (χ1v) is 5.79. The zero-order valence-electron chi connectivity index (χ0n) is 9.90. The summed E-state index contributed by atoms with van der Waals surface area (Å²) in [6, 6.07) is 5.44. The van der Waals surface area contributed by atoms with Gasteiger partial charge in [-0.05, 0) is 30.2 Å². The van der Waals surface area contributed by atoms with E-state index in [2.05, 4.69) is 10.6 Å². The number of rotatable bonds is 3. The van der Waals surface area contributed by atoms with Gasteiger partial charge in [0.2, 0.25) is 11.8 Å². The van der Waals surface area contributed by atoms with Gasteiger partial charge < -0.3 is 16.4 Å². The number of carbonyl (C=O) groups is 2. The number of hydrogen-bond donors (Lipinski definition) is 3. The first kappa shape index (κ1) is 12.3. The minimum absolute atomic E-state index is 0.0326. The fourth-order valence-electron chi connectivity index (χ4n) is 1.82. The van der Waals surface area contributed by atoms with Gasteiger partial charge in [0, 0.05) is 30.4 Å². The first-order valence-electron chi connectivity index (χ1n) is 5.79. The molecule has 1 aliphatic rings. The molecule has 0 spiro atoms. The van der Waals surface area contributed by atoms with E-state index in [1.54, 1.807) is 18.2 Å². The van der Waals surface area contributed by atoms with Gasteiger partial charge in [-0.25, -0.2) is 0 Å². The molecule has 0 aliphatic carbocycles. The Morgan fingerprint density at radius 1 is 1.44 bits per heavy atom. The zero-order valence-corrected chi connectivity index (χ0v) is 9.90. The van der Waals surface area contributed by atoms with Crippen molar-refractivity contribution in [2.45, 2.75) is 12.8 Å². The van der Waals surface area contributed by atoms with Gasteiger partial charge in [-0.1, -0.05) is 6.08 Å².